The van der Waals surface area contributed by atoms with E-state index in [1.165, 1.54) is 11.1 Å². The number of rotatable bonds is 2. The van der Waals surface area contributed by atoms with Gasteiger partial charge in [-0.3, -0.25) is 0 Å². The lowest BCUT2D eigenvalue weighted by molar-refractivity contribution is 0.577. The standard InChI is InChI=1S/C17H17N3/c18-11-12-1-6-16(7-2-12)20-17-8-4-13-9-15(19)5-3-14(13)10-17/h1-2,4,6-8,10,15,20H,3,5,9,19H2. The Labute approximate surface area is 119 Å². The minimum absolute atomic E-state index is 0.305. The Bertz CT molecular complexity index is 653. The lowest BCUT2D eigenvalue weighted by atomic mass is 9.88. The normalized spacial score (nSPS) is 17.1. The van der Waals surface area contributed by atoms with Crippen LogP contribution in [0.5, 0.6) is 0 Å². The molecule has 0 aliphatic heterocycles. The van der Waals surface area contributed by atoms with E-state index in [1.54, 1.807) is 0 Å². The van der Waals surface area contributed by atoms with Gasteiger partial charge < -0.3 is 11.1 Å². The molecule has 3 heteroatoms. The molecule has 3 N–H and O–H groups in total. The van der Waals surface area contributed by atoms with Crippen molar-refractivity contribution in [3.05, 3.63) is 59.2 Å². The number of benzene rings is 2. The first kappa shape index (κ1) is 12.7. The van der Waals surface area contributed by atoms with Crippen LogP contribution in [0.3, 0.4) is 0 Å². The highest BCUT2D eigenvalue weighted by atomic mass is 14.9. The van der Waals surface area contributed by atoms with Gasteiger partial charge in [-0.25, -0.2) is 0 Å². The molecule has 20 heavy (non-hydrogen) atoms. The summed E-state index contributed by atoms with van der Waals surface area (Å²) in [7, 11) is 0. The average Bonchev–Trinajstić information content (AvgIpc) is 2.48. The SMILES string of the molecule is N#Cc1ccc(Nc2ccc3c(c2)CCC(N)C3)cc1. The fraction of sp³-hybridized carbons (Fsp3) is 0.235. The molecule has 100 valence electrons. The van der Waals surface area contributed by atoms with Gasteiger partial charge in [0.05, 0.1) is 11.6 Å². The molecule has 0 saturated carbocycles. The van der Waals surface area contributed by atoms with E-state index in [9.17, 15) is 0 Å². The van der Waals surface area contributed by atoms with E-state index < -0.39 is 0 Å². The number of anilines is 2. The van der Waals surface area contributed by atoms with Crippen molar-refractivity contribution in [3.63, 3.8) is 0 Å². The fourth-order valence-electron chi connectivity index (χ4n) is 2.66. The zero-order valence-electron chi connectivity index (χ0n) is 11.3. The second-order valence-corrected chi connectivity index (χ2v) is 5.30. The third-order valence-electron chi connectivity index (χ3n) is 3.78. The highest BCUT2D eigenvalue weighted by molar-refractivity contribution is 5.62. The van der Waals surface area contributed by atoms with Crippen LogP contribution in [0.15, 0.2) is 42.5 Å². The van der Waals surface area contributed by atoms with Crippen molar-refractivity contribution in [1.82, 2.24) is 0 Å². The molecule has 0 radical (unpaired) electrons. The van der Waals surface area contributed by atoms with Gasteiger partial charge in [0.1, 0.15) is 0 Å². The molecule has 0 spiro atoms. The van der Waals surface area contributed by atoms with Gasteiger partial charge >= 0.3 is 0 Å². The summed E-state index contributed by atoms with van der Waals surface area (Å²) in [6.45, 7) is 0. The number of hydrogen-bond acceptors (Lipinski definition) is 3. The Balaban J connectivity index is 1.79. The van der Waals surface area contributed by atoms with Crippen LogP contribution in [0.4, 0.5) is 11.4 Å². The van der Waals surface area contributed by atoms with Crippen molar-refractivity contribution in [2.24, 2.45) is 5.73 Å². The highest BCUT2D eigenvalue weighted by Crippen LogP contribution is 2.25. The summed E-state index contributed by atoms with van der Waals surface area (Å²) in [5.41, 5.74) is 11.5. The van der Waals surface area contributed by atoms with Crippen molar-refractivity contribution in [1.29, 1.82) is 5.26 Å². The van der Waals surface area contributed by atoms with Gasteiger partial charge in [-0.15, -0.1) is 0 Å². The molecular weight excluding hydrogens is 246 g/mol. The maximum atomic E-state index is 8.79. The van der Waals surface area contributed by atoms with E-state index in [2.05, 4.69) is 29.6 Å². The molecular formula is C17H17N3. The fourth-order valence-corrected chi connectivity index (χ4v) is 2.66. The van der Waals surface area contributed by atoms with E-state index >= 15 is 0 Å². The van der Waals surface area contributed by atoms with Crippen LogP contribution in [0.25, 0.3) is 0 Å². The quantitative estimate of drug-likeness (QED) is 0.875. The molecule has 1 atom stereocenters. The number of nitrogens with two attached hydrogens (primary N) is 1. The van der Waals surface area contributed by atoms with Crippen molar-refractivity contribution >= 4 is 11.4 Å². The molecule has 0 aromatic heterocycles. The number of fused-ring (bicyclic) bond motifs is 1. The Hall–Kier alpha value is -2.31. The smallest absolute Gasteiger partial charge is 0.0991 e. The van der Waals surface area contributed by atoms with Crippen LogP contribution in [0.2, 0.25) is 0 Å². The summed E-state index contributed by atoms with van der Waals surface area (Å²) < 4.78 is 0. The van der Waals surface area contributed by atoms with Crippen LogP contribution in [0, 0.1) is 11.3 Å². The largest absolute Gasteiger partial charge is 0.356 e. The van der Waals surface area contributed by atoms with Gasteiger partial charge in [-0.05, 0) is 66.8 Å². The first-order chi connectivity index (χ1) is 9.74. The second kappa shape index (κ2) is 5.36. The lowest BCUT2D eigenvalue weighted by Crippen LogP contribution is -2.27. The molecule has 3 nitrogen and oxygen atoms in total. The molecule has 0 bridgehead atoms. The zero-order chi connectivity index (χ0) is 13.9. The van der Waals surface area contributed by atoms with Gasteiger partial charge in [0.2, 0.25) is 0 Å². The summed E-state index contributed by atoms with van der Waals surface area (Å²) in [4.78, 5) is 0. The molecule has 1 aliphatic rings. The minimum atomic E-state index is 0.305. The summed E-state index contributed by atoms with van der Waals surface area (Å²) in [5.74, 6) is 0. The molecule has 0 heterocycles. The zero-order valence-corrected chi connectivity index (χ0v) is 11.3. The second-order valence-electron chi connectivity index (χ2n) is 5.30. The number of nitrogens with one attached hydrogen (secondary N) is 1. The minimum Gasteiger partial charge on any atom is -0.356 e. The third kappa shape index (κ3) is 2.66. The van der Waals surface area contributed by atoms with E-state index in [0.717, 1.165) is 30.6 Å². The van der Waals surface area contributed by atoms with Crippen molar-refractivity contribution in [2.75, 3.05) is 5.32 Å². The first-order valence-corrected chi connectivity index (χ1v) is 6.89. The van der Waals surface area contributed by atoms with Gasteiger partial charge in [0.15, 0.2) is 0 Å². The predicted octanol–water partition coefficient (Wildman–Crippen LogP) is 3.12. The van der Waals surface area contributed by atoms with E-state index in [-0.39, 0.29) is 0 Å². The van der Waals surface area contributed by atoms with Crippen LogP contribution >= 0.6 is 0 Å². The molecule has 1 unspecified atom stereocenters. The molecule has 0 saturated heterocycles. The average molecular weight is 263 g/mol. The van der Waals surface area contributed by atoms with Gasteiger partial charge in [-0.2, -0.15) is 5.26 Å². The molecule has 1 aliphatic carbocycles. The van der Waals surface area contributed by atoms with Crippen molar-refractivity contribution in [3.8, 4) is 6.07 Å². The monoisotopic (exact) mass is 263 g/mol. The highest BCUT2D eigenvalue weighted by Gasteiger charge is 2.15. The van der Waals surface area contributed by atoms with Crippen LogP contribution in [-0.4, -0.2) is 6.04 Å². The Morgan fingerprint density at radius 2 is 1.80 bits per heavy atom. The Morgan fingerprint density at radius 1 is 1.05 bits per heavy atom. The molecule has 2 aromatic carbocycles. The van der Waals surface area contributed by atoms with Gasteiger partial charge in [0.25, 0.3) is 0 Å². The number of hydrogen-bond donors (Lipinski definition) is 2. The maximum absolute atomic E-state index is 8.79. The summed E-state index contributed by atoms with van der Waals surface area (Å²) in [5, 5.41) is 12.2. The van der Waals surface area contributed by atoms with Gasteiger partial charge in [0, 0.05) is 17.4 Å². The number of nitriles is 1. The molecule has 0 amide bonds. The maximum Gasteiger partial charge on any atom is 0.0991 e. The van der Waals surface area contributed by atoms with E-state index in [0.29, 0.717) is 11.6 Å². The van der Waals surface area contributed by atoms with E-state index in [4.69, 9.17) is 11.0 Å². The van der Waals surface area contributed by atoms with Crippen LogP contribution < -0.4 is 11.1 Å². The number of nitrogens with zero attached hydrogens (tertiary/aromatic N) is 1. The van der Waals surface area contributed by atoms with Crippen molar-refractivity contribution < 1.29 is 0 Å². The topological polar surface area (TPSA) is 61.8 Å². The number of aryl methyl sites for hydroxylation is 1. The predicted molar refractivity (Wildman–Crippen MR) is 80.9 cm³/mol. The Morgan fingerprint density at radius 3 is 2.55 bits per heavy atom. The van der Waals surface area contributed by atoms with Gasteiger partial charge in [-0.1, -0.05) is 6.07 Å². The summed E-state index contributed by atoms with van der Waals surface area (Å²) >= 11 is 0. The van der Waals surface area contributed by atoms with E-state index in [1.807, 2.05) is 24.3 Å². The van der Waals surface area contributed by atoms with Crippen molar-refractivity contribution in [2.45, 2.75) is 25.3 Å². The summed E-state index contributed by atoms with van der Waals surface area (Å²) in [6.07, 6.45) is 3.10. The molecule has 3 rings (SSSR count). The molecule has 0 fully saturated rings. The third-order valence-corrected chi connectivity index (χ3v) is 3.78. The Kier molecular flexibility index (Phi) is 3.41. The van der Waals surface area contributed by atoms with Crippen LogP contribution in [0.1, 0.15) is 23.1 Å². The first-order valence-electron chi connectivity index (χ1n) is 6.89. The lowest BCUT2D eigenvalue weighted by Gasteiger charge is -2.22. The molecule has 2 aromatic rings. The summed E-state index contributed by atoms with van der Waals surface area (Å²) in [6, 6.07) is 16.4. The van der Waals surface area contributed by atoms with Crippen LogP contribution in [-0.2, 0) is 12.8 Å².